The van der Waals surface area contributed by atoms with Crippen LogP contribution in [0.5, 0.6) is 17.2 Å². The summed E-state index contributed by atoms with van der Waals surface area (Å²) in [6, 6.07) is 19.7. The van der Waals surface area contributed by atoms with Crippen molar-refractivity contribution in [3.05, 3.63) is 89.1 Å². The highest BCUT2D eigenvalue weighted by Crippen LogP contribution is 2.49. The van der Waals surface area contributed by atoms with E-state index in [1.807, 2.05) is 80.6 Å². The maximum Gasteiger partial charge on any atom is 0.303 e. The van der Waals surface area contributed by atoms with Gasteiger partial charge in [0.15, 0.2) is 17.3 Å². The second-order valence-electron chi connectivity index (χ2n) is 11.1. The lowest BCUT2D eigenvalue weighted by Crippen LogP contribution is -2.39. The van der Waals surface area contributed by atoms with Gasteiger partial charge in [-0.2, -0.15) is 0 Å². The van der Waals surface area contributed by atoms with Crippen molar-refractivity contribution in [3.8, 4) is 17.2 Å². The van der Waals surface area contributed by atoms with Crippen LogP contribution in [0.1, 0.15) is 69.0 Å². The number of para-hydroxylation sites is 3. The predicted octanol–water partition coefficient (Wildman–Crippen LogP) is 6.65. The highest BCUT2D eigenvalue weighted by Gasteiger charge is 2.42. The normalized spacial score (nSPS) is 18.4. The van der Waals surface area contributed by atoms with E-state index in [0.29, 0.717) is 51.9 Å². The second-order valence-corrected chi connectivity index (χ2v) is 11.1. The molecular weight excluding hydrogens is 560 g/mol. The Morgan fingerprint density at radius 1 is 0.955 bits per heavy atom. The molecule has 9 heteroatoms. The van der Waals surface area contributed by atoms with Crippen LogP contribution in [0.4, 0.5) is 11.4 Å². The molecule has 44 heavy (non-hydrogen) atoms. The van der Waals surface area contributed by atoms with Crippen molar-refractivity contribution in [2.24, 2.45) is 0 Å². The number of nitrogens with zero attached hydrogens (tertiary/aromatic N) is 1. The van der Waals surface area contributed by atoms with Gasteiger partial charge in [0, 0.05) is 29.7 Å². The number of carboxylic acid groups (broad SMARTS) is 1. The van der Waals surface area contributed by atoms with Gasteiger partial charge in [0.25, 0.3) is 0 Å². The van der Waals surface area contributed by atoms with Crippen molar-refractivity contribution in [1.82, 2.24) is 0 Å². The fourth-order valence-electron chi connectivity index (χ4n) is 5.95. The molecule has 1 aliphatic carbocycles. The molecule has 0 bridgehead atoms. The van der Waals surface area contributed by atoms with Gasteiger partial charge in [-0.15, -0.1) is 0 Å². The molecule has 2 N–H and O–H groups in total. The van der Waals surface area contributed by atoms with E-state index in [2.05, 4.69) is 5.32 Å². The van der Waals surface area contributed by atoms with Crippen molar-refractivity contribution in [2.75, 3.05) is 24.4 Å². The van der Waals surface area contributed by atoms with Crippen molar-refractivity contribution < 1.29 is 33.7 Å². The number of aliphatic carboxylic acids is 1. The molecule has 230 valence electrons. The zero-order valence-corrected chi connectivity index (χ0v) is 25.5. The van der Waals surface area contributed by atoms with E-state index in [1.54, 1.807) is 19.1 Å². The van der Waals surface area contributed by atoms with Crippen molar-refractivity contribution in [3.63, 3.8) is 0 Å². The lowest BCUT2D eigenvalue weighted by molar-refractivity contribution is -0.138. The number of ketones is 1. The number of ether oxygens (including phenoxy) is 3. The van der Waals surface area contributed by atoms with E-state index in [-0.39, 0.29) is 37.1 Å². The number of amides is 1. The Hall–Kier alpha value is -4.79. The summed E-state index contributed by atoms with van der Waals surface area (Å²) in [5.74, 6) is 0.0439. The molecule has 0 fully saturated rings. The first-order valence-electron chi connectivity index (χ1n) is 14.9. The molecule has 1 aliphatic heterocycles. The molecule has 2 aliphatic rings. The SMILES string of the molecule is CC[C@H](C)Oc1ccccc1[C@@H]1C2=C(C[C@H](c3ccc(OC)c(OC)c3)CC2=O)Nc2ccccc2N1C(=O)CCC(=O)O. The van der Waals surface area contributed by atoms with Crippen molar-refractivity contribution in [2.45, 2.75) is 64.0 Å². The third-order valence-electron chi connectivity index (χ3n) is 8.31. The monoisotopic (exact) mass is 598 g/mol. The number of hydrogen-bond donors (Lipinski definition) is 2. The number of Topliss-reactive ketones (excluding diaryl/α,β-unsaturated/α-hetero) is 1. The fraction of sp³-hybridized carbons (Fsp3) is 0.343. The molecule has 0 saturated heterocycles. The summed E-state index contributed by atoms with van der Waals surface area (Å²) in [7, 11) is 3.16. The van der Waals surface area contributed by atoms with E-state index >= 15 is 0 Å². The summed E-state index contributed by atoms with van der Waals surface area (Å²) in [5, 5.41) is 12.9. The quantitative estimate of drug-likeness (QED) is 0.267. The maximum atomic E-state index is 14.4. The van der Waals surface area contributed by atoms with Gasteiger partial charge in [0.05, 0.1) is 44.2 Å². The highest BCUT2D eigenvalue weighted by molar-refractivity contribution is 6.07. The van der Waals surface area contributed by atoms with Crippen LogP contribution in [0.25, 0.3) is 0 Å². The summed E-state index contributed by atoms with van der Waals surface area (Å²) < 4.78 is 17.3. The first-order chi connectivity index (χ1) is 21.2. The molecule has 0 radical (unpaired) electrons. The standard InChI is InChI=1S/C35H38N2O7/c1-5-21(2)44-29-13-9-6-10-24(29)35-34-26(18-23(19-28(34)38)22-14-15-30(42-3)31(20-22)43-4)36-25-11-7-8-12-27(25)37(35)32(39)16-17-33(40)41/h6-15,20-21,23,35-36H,5,16-19H2,1-4H3,(H,40,41)/t21-,23-,35+/m0/s1. The predicted molar refractivity (Wildman–Crippen MR) is 168 cm³/mol. The Morgan fingerprint density at radius 2 is 1.68 bits per heavy atom. The Labute approximate surface area is 257 Å². The molecule has 1 heterocycles. The van der Waals surface area contributed by atoms with Gasteiger partial charge in [-0.05, 0) is 61.6 Å². The van der Waals surface area contributed by atoms with Crippen LogP contribution in [0.15, 0.2) is 78.0 Å². The molecule has 3 aromatic rings. The number of anilines is 2. The average molecular weight is 599 g/mol. The molecule has 3 aromatic carbocycles. The number of carbonyl (C=O) groups excluding carboxylic acids is 2. The van der Waals surface area contributed by atoms with Gasteiger partial charge < -0.3 is 24.6 Å². The molecular formula is C35H38N2O7. The lowest BCUT2D eigenvalue weighted by Gasteiger charge is -2.36. The maximum absolute atomic E-state index is 14.4. The third-order valence-corrected chi connectivity index (χ3v) is 8.31. The van der Waals surface area contributed by atoms with Crippen LogP contribution in [-0.2, 0) is 14.4 Å². The Morgan fingerprint density at radius 3 is 2.41 bits per heavy atom. The van der Waals surface area contributed by atoms with Crippen LogP contribution in [-0.4, -0.2) is 43.1 Å². The van der Waals surface area contributed by atoms with Gasteiger partial charge in [-0.3, -0.25) is 19.3 Å². The molecule has 0 spiro atoms. The lowest BCUT2D eigenvalue weighted by atomic mass is 9.78. The summed E-state index contributed by atoms with van der Waals surface area (Å²) in [6.45, 7) is 4.00. The Balaban J connectivity index is 1.69. The molecule has 5 rings (SSSR count). The van der Waals surface area contributed by atoms with E-state index < -0.39 is 17.9 Å². The molecule has 1 amide bonds. The summed E-state index contributed by atoms with van der Waals surface area (Å²) in [4.78, 5) is 41.5. The van der Waals surface area contributed by atoms with Gasteiger partial charge in [-0.1, -0.05) is 43.3 Å². The number of allylic oxidation sites excluding steroid dienone is 1. The average Bonchev–Trinajstić information content (AvgIpc) is 3.18. The van der Waals surface area contributed by atoms with Crippen LogP contribution in [0.2, 0.25) is 0 Å². The van der Waals surface area contributed by atoms with Crippen molar-refractivity contribution >= 4 is 29.0 Å². The minimum atomic E-state index is -1.07. The van der Waals surface area contributed by atoms with E-state index in [4.69, 9.17) is 14.2 Å². The van der Waals surface area contributed by atoms with Gasteiger partial charge in [0.1, 0.15) is 5.75 Å². The topological polar surface area (TPSA) is 114 Å². The summed E-state index contributed by atoms with van der Waals surface area (Å²) in [6.07, 6.45) is 0.837. The molecule has 0 saturated carbocycles. The molecule has 3 atom stereocenters. The summed E-state index contributed by atoms with van der Waals surface area (Å²) >= 11 is 0. The fourth-order valence-corrected chi connectivity index (χ4v) is 5.95. The van der Waals surface area contributed by atoms with Crippen molar-refractivity contribution in [1.29, 1.82) is 0 Å². The van der Waals surface area contributed by atoms with Gasteiger partial charge >= 0.3 is 5.97 Å². The first-order valence-corrected chi connectivity index (χ1v) is 14.9. The van der Waals surface area contributed by atoms with E-state index in [9.17, 15) is 19.5 Å². The number of hydrogen-bond acceptors (Lipinski definition) is 7. The zero-order valence-electron chi connectivity index (χ0n) is 25.5. The van der Waals surface area contributed by atoms with E-state index in [1.165, 1.54) is 0 Å². The molecule has 0 unspecified atom stereocenters. The highest BCUT2D eigenvalue weighted by atomic mass is 16.5. The minimum Gasteiger partial charge on any atom is -0.493 e. The number of carbonyl (C=O) groups is 3. The minimum absolute atomic E-state index is 0.103. The number of fused-ring (bicyclic) bond motifs is 1. The van der Waals surface area contributed by atoms with Crippen LogP contribution < -0.4 is 24.4 Å². The smallest absolute Gasteiger partial charge is 0.303 e. The number of rotatable bonds is 10. The molecule has 0 aromatic heterocycles. The Bertz CT molecular complexity index is 1600. The number of benzene rings is 3. The van der Waals surface area contributed by atoms with Gasteiger partial charge in [-0.25, -0.2) is 0 Å². The van der Waals surface area contributed by atoms with Crippen LogP contribution in [0, 0.1) is 0 Å². The van der Waals surface area contributed by atoms with E-state index in [0.717, 1.165) is 12.0 Å². The number of methoxy groups -OCH3 is 2. The second kappa shape index (κ2) is 13.2. The number of nitrogens with one attached hydrogen (secondary N) is 1. The van der Waals surface area contributed by atoms with Crippen LogP contribution >= 0.6 is 0 Å². The first kappa shape index (κ1) is 30.7. The molecule has 9 nitrogen and oxygen atoms in total. The third kappa shape index (κ3) is 6.13. The largest absolute Gasteiger partial charge is 0.493 e. The Kier molecular flexibility index (Phi) is 9.23. The number of carboxylic acids is 1. The summed E-state index contributed by atoms with van der Waals surface area (Å²) in [5.41, 5.74) is 4.02. The van der Waals surface area contributed by atoms with Gasteiger partial charge in [0.2, 0.25) is 5.91 Å². The van der Waals surface area contributed by atoms with Crippen LogP contribution in [0.3, 0.4) is 0 Å². The zero-order chi connectivity index (χ0) is 31.4.